The third-order valence-electron chi connectivity index (χ3n) is 2.74. The van der Waals surface area contributed by atoms with Gasteiger partial charge in [-0.25, -0.2) is 4.98 Å². The molecule has 0 aliphatic carbocycles. The fourth-order valence-corrected chi connectivity index (χ4v) is 2.60. The monoisotopic (exact) mass is 314 g/mol. The first kappa shape index (κ1) is 15.7. The molecule has 7 heteroatoms. The number of nitrogens with zero attached hydrogens (tertiary/aromatic N) is 1. The highest BCUT2D eigenvalue weighted by Gasteiger charge is 2.11. The van der Waals surface area contributed by atoms with E-state index in [0.29, 0.717) is 13.1 Å². The highest BCUT2D eigenvalue weighted by atomic mass is 32.1. The Hall–Kier alpha value is -1.73. The summed E-state index contributed by atoms with van der Waals surface area (Å²) in [5.74, 6) is 0.331. The quantitative estimate of drug-likeness (QED) is 0.851. The molecule has 0 amide bonds. The fourth-order valence-electron chi connectivity index (χ4n) is 1.84. The number of ether oxygens (including phenoxy) is 2. The van der Waals surface area contributed by atoms with E-state index in [4.69, 9.17) is 4.74 Å². The molecule has 0 saturated heterocycles. The first-order valence-electron chi connectivity index (χ1n) is 6.32. The second-order valence-corrected chi connectivity index (χ2v) is 5.63. The van der Waals surface area contributed by atoms with Gasteiger partial charge in [-0.15, -0.1) is 11.3 Å². The van der Waals surface area contributed by atoms with E-state index in [2.05, 4.69) is 15.0 Å². The molecule has 2 aromatic rings. The largest absolute Gasteiger partial charge is 0.493 e. The average molecular weight is 314 g/mol. The van der Waals surface area contributed by atoms with Crippen LogP contribution in [-0.2, 0) is 13.1 Å². The third kappa shape index (κ3) is 4.64. The lowest BCUT2D eigenvalue weighted by atomic mass is 10.2. The highest BCUT2D eigenvalue weighted by Crippen LogP contribution is 2.29. The van der Waals surface area contributed by atoms with Crippen molar-refractivity contribution in [3.63, 3.8) is 0 Å². The van der Waals surface area contributed by atoms with Gasteiger partial charge in [-0.05, 0) is 24.6 Å². The van der Waals surface area contributed by atoms with Gasteiger partial charge in [0.1, 0.15) is 0 Å². The first-order valence-corrected chi connectivity index (χ1v) is 7.14. The van der Waals surface area contributed by atoms with Crippen molar-refractivity contribution in [3.8, 4) is 11.5 Å². The van der Waals surface area contributed by atoms with Crippen LogP contribution in [-0.4, -0.2) is 18.7 Å². The van der Waals surface area contributed by atoms with Crippen molar-refractivity contribution in [1.29, 1.82) is 0 Å². The van der Waals surface area contributed by atoms with E-state index < -0.39 is 6.61 Å². The van der Waals surface area contributed by atoms with Crippen LogP contribution in [0.2, 0.25) is 0 Å². The van der Waals surface area contributed by atoms with E-state index in [-0.39, 0.29) is 11.5 Å². The summed E-state index contributed by atoms with van der Waals surface area (Å²) < 4.78 is 34.1. The average Bonchev–Trinajstić information content (AvgIpc) is 2.84. The van der Waals surface area contributed by atoms with Crippen molar-refractivity contribution >= 4 is 11.3 Å². The zero-order chi connectivity index (χ0) is 15.2. The Morgan fingerprint density at radius 3 is 2.71 bits per heavy atom. The van der Waals surface area contributed by atoms with Crippen molar-refractivity contribution in [2.75, 3.05) is 7.11 Å². The van der Waals surface area contributed by atoms with Crippen molar-refractivity contribution in [2.45, 2.75) is 26.6 Å². The second kappa shape index (κ2) is 7.33. The number of benzene rings is 1. The molecule has 0 radical (unpaired) electrons. The zero-order valence-corrected chi connectivity index (χ0v) is 12.5. The topological polar surface area (TPSA) is 43.4 Å². The van der Waals surface area contributed by atoms with Gasteiger partial charge in [-0.1, -0.05) is 6.07 Å². The number of hydrogen-bond donors (Lipinski definition) is 1. The van der Waals surface area contributed by atoms with Gasteiger partial charge in [0.25, 0.3) is 0 Å². The Morgan fingerprint density at radius 2 is 2.10 bits per heavy atom. The molecule has 0 bridgehead atoms. The van der Waals surface area contributed by atoms with Crippen molar-refractivity contribution in [1.82, 2.24) is 10.3 Å². The molecule has 4 nitrogen and oxygen atoms in total. The van der Waals surface area contributed by atoms with E-state index in [0.717, 1.165) is 15.4 Å². The van der Waals surface area contributed by atoms with Gasteiger partial charge in [-0.2, -0.15) is 8.78 Å². The molecular weight excluding hydrogens is 298 g/mol. The number of methoxy groups -OCH3 is 1. The van der Waals surface area contributed by atoms with Crippen LogP contribution in [0.25, 0.3) is 0 Å². The summed E-state index contributed by atoms with van der Waals surface area (Å²) in [5.41, 5.74) is 0.840. The Morgan fingerprint density at radius 1 is 1.29 bits per heavy atom. The maximum absolute atomic E-state index is 12.3. The van der Waals surface area contributed by atoms with Crippen molar-refractivity contribution in [3.05, 3.63) is 39.8 Å². The third-order valence-corrected chi connectivity index (χ3v) is 3.65. The summed E-state index contributed by atoms with van der Waals surface area (Å²) in [5, 5.41) is 4.25. The second-order valence-electron chi connectivity index (χ2n) is 4.31. The van der Waals surface area contributed by atoms with Crippen molar-refractivity contribution in [2.24, 2.45) is 0 Å². The predicted octanol–water partition coefficient (Wildman–Crippen LogP) is 3.35. The minimum absolute atomic E-state index is 0.0421. The highest BCUT2D eigenvalue weighted by molar-refractivity contribution is 7.11. The lowest BCUT2D eigenvalue weighted by Crippen LogP contribution is -2.12. The van der Waals surface area contributed by atoms with Crippen LogP contribution in [0.15, 0.2) is 24.4 Å². The number of nitrogens with one attached hydrogen (secondary N) is 1. The molecule has 0 saturated carbocycles. The number of aromatic nitrogens is 1. The summed E-state index contributed by atoms with van der Waals surface area (Å²) in [6, 6.07) is 4.98. The van der Waals surface area contributed by atoms with Gasteiger partial charge in [-0.3, -0.25) is 0 Å². The fraction of sp³-hybridized carbons (Fsp3) is 0.357. The van der Waals surface area contributed by atoms with Gasteiger partial charge in [0.15, 0.2) is 11.5 Å². The molecule has 21 heavy (non-hydrogen) atoms. The summed E-state index contributed by atoms with van der Waals surface area (Å²) in [6.45, 7) is 0.302. The number of hydrogen-bond acceptors (Lipinski definition) is 5. The minimum atomic E-state index is -2.87. The van der Waals surface area contributed by atoms with Crippen LogP contribution in [0.5, 0.6) is 11.5 Å². The van der Waals surface area contributed by atoms with E-state index >= 15 is 0 Å². The molecule has 0 unspecified atom stereocenters. The van der Waals surface area contributed by atoms with E-state index in [1.807, 2.05) is 19.2 Å². The smallest absolute Gasteiger partial charge is 0.387 e. The van der Waals surface area contributed by atoms with Gasteiger partial charge >= 0.3 is 6.61 Å². The molecular formula is C14H16F2N2O2S. The molecule has 1 heterocycles. The van der Waals surface area contributed by atoms with Gasteiger partial charge < -0.3 is 14.8 Å². The van der Waals surface area contributed by atoms with Crippen LogP contribution >= 0.6 is 11.3 Å². The van der Waals surface area contributed by atoms with Gasteiger partial charge in [0, 0.05) is 24.2 Å². The number of alkyl halides is 2. The van der Waals surface area contributed by atoms with E-state index in [1.165, 1.54) is 7.11 Å². The molecule has 1 aromatic heterocycles. The summed E-state index contributed by atoms with van der Waals surface area (Å²) >= 11 is 1.62. The first-order chi connectivity index (χ1) is 10.1. The Bertz CT molecular complexity index is 590. The number of halogens is 2. The Labute approximate surface area is 125 Å². The van der Waals surface area contributed by atoms with Crippen LogP contribution in [0.4, 0.5) is 8.78 Å². The molecule has 1 N–H and O–H groups in total. The van der Waals surface area contributed by atoms with Crippen molar-refractivity contribution < 1.29 is 18.3 Å². The lowest BCUT2D eigenvalue weighted by molar-refractivity contribution is -0.0512. The number of thiazole rings is 1. The molecule has 0 atom stereocenters. The summed E-state index contributed by atoms with van der Waals surface area (Å²) in [6.07, 6.45) is 1.83. The molecule has 0 aliphatic rings. The SMILES string of the molecule is COc1ccc(CNCc2cnc(C)s2)cc1OC(F)F. The molecule has 0 spiro atoms. The predicted molar refractivity (Wildman–Crippen MR) is 77.0 cm³/mol. The molecule has 114 valence electrons. The maximum atomic E-state index is 12.3. The van der Waals surface area contributed by atoms with E-state index in [9.17, 15) is 8.78 Å². The summed E-state index contributed by atoms with van der Waals surface area (Å²) in [4.78, 5) is 5.30. The normalized spacial score (nSPS) is 10.9. The Kier molecular flexibility index (Phi) is 5.46. The van der Waals surface area contributed by atoms with Crippen LogP contribution in [0.1, 0.15) is 15.4 Å². The van der Waals surface area contributed by atoms with Crippen LogP contribution < -0.4 is 14.8 Å². The van der Waals surface area contributed by atoms with E-state index in [1.54, 1.807) is 23.5 Å². The zero-order valence-electron chi connectivity index (χ0n) is 11.7. The standard InChI is InChI=1S/C14H16F2N2O2S/c1-9-18-8-11(21-9)7-17-6-10-3-4-12(19-2)13(5-10)20-14(15)16/h3-5,8,14,17H,6-7H2,1-2H3. The number of rotatable bonds is 7. The molecule has 1 aromatic carbocycles. The van der Waals surface area contributed by atoms with Crippen LogP contribution in [0, 0.1) is 6.92 Å². The number of aryl methyl sites for hydroxylation is 1. The van der Waals surface area contributed by atoms with Gasteiger partial charge in [0.05, 0.1) is 12.1 Å². The molecule has 0 aliphatic heterocycles. The van der Waals surface area contributed by atoms with Crippen LogP contribution in [0.3, 0.4) is 0 Å². The minimum Gasteiger partial charge on any atom is -0.493 e. The van der Waals surface area contributed by atoms with Gasteiger partial charge in [0.2, 0.25) is 0 Å². The molecule has 2 rings (SSSR count). The maximum Gasteiger partial charge on any atom is 0.387 e. The summed E-state index contributed by atoms with van der Waals surface area (Å²) in [7, 11) is 1.41. The lowest BCUT2D eigenvalue weighted by Gasteiger charge is -2.11. The Balaban J connectivity index is 1.96. The molecule has 0 fully saturated rings.